The number of ether oxygens (including phenoxy) is 3. The van der Waals surface area contributed by atoms with Gasteiger partial charge in [0.15, 0.2) is 23.3 Å². The first kappa shape index (κ1) is 44.9. The molecular weight excluding hydrogens is 845 g/mol. The van der Waals surface area contributed by atoms with Gasteiger partial charge >= 0.3 is 0 Å². The molecule has 348 valence electrons. The van der Waals surface area contributed by atoms with E-state index in [0.29, 0.717) is 63.1 Å². The molecule has 3 aromatic heterocycles. The molecule has 68 heavy (non-hydrogen) atoms. The number of hydrogen-bond donors (Lipinski definition) is 2. The average molecular weight is 907 g/mol. The van der Waals surface area contributed by atoms with Crippen molar-refractivity contribution in [2.45, 2.75) is 101 Å². The van der Waals surface area contributed by atoms with Crippen molar-refractivity contribution in [3.63, 3.8) is 0 Å². The van der Waals surface area contributed by atoms with Crippen LogP contribution in [0, 0.1) is 35.5 Å². The summed E-state index contributed by atoms with van der Waals surface area (Å²) in [5.41, 5.74) is 5.55. The summed E-state index contributed by atoms with van der Waals surface area (Å²) in [4.78, 5) is 39.6. The highest BCUT2D eigenvalue weighted by molar-refractivity contribution is 6.12. The summed E-state index contributed by atoms with van der Waals surface area (Å²) in [7, 11) is 0. The summed E-state index contributed by atoms with van der Waals surface area (Å²) in [6.07, 6.45) is -0.158. The largest absolute Gasteiger partial charge is 0.489 e. The van der Waals surface area contributed by atoms with Crippen LogP contribution in [-0.4, -0.2) is 58.2 Å². The molecule has 0 saturated heterocycles. The van der Waals surface area contributed by atoms with Gasteiger partial charge in [-0.15, -0.1) is 0 Å². The number of aromatic amines is 2. The summed E-state index contributed by atoms with van der Waals surface area (Å²) in [6, 6.07) is 31.0. The maximum Gasteiger partial charge on any atom is 0.168 e. The summed E-state index contributed by atoms with van der Waals surface area (Å²) < 4.78 is 20.9. The van der Waals surface area contributed by atoms with Gasteiger partial charge in [-0.1, -0.05) is 144 Å². The van der Waals surface area contributed by atoms with Crippen LogP contribution in [0.15, 0.2) is 91.0 Å². The van der Waals surface area contributed by atoms with E-state index in [4.69, 9.17) is 44.1 Å². The van der Waals surface area contributed by atoms with Crippen LogP contribution >= 0.6 is 0 Å². The zero-order valence-corrected chi connectivity index (χ0v) is 41.3. The molecular formula is C57H62N8O3. The van der Waals surface area contributed by atoms with Gasteiger partial charge in [-0.3, -0.25) is 0 Å². The van der Waals surface area contributed by atoms with E-state index in [9.17, 15) is 0 Å². The summed E-state index contributed by atoms with van der Waals surface area (Å²) in [5.74, 6) is 5.65. The monoisotopic (exact) mass is 906 g/mol. The standard InChI is InChI=1S/C57H62N8O3/c1-28(2)47(29(3)4)66-41-23-15-20-36-44(41)55-60-50(36)58-53-39-26-34-18-13-14-19-35(34)27-40(39)54(59-53)65-57-46-38(22-17-25-43(46)68-49(32(9)10)33(11)12)52(64-57)63-56-45-37(51(61-55)62-56)21-16-24-42(45)67-48(30(5)6)31(7)8/h13-33,47-49H,1-12H3,(H2,58,59,60,61,62,63,64,65). The fourth-order valence-corrected chi connectivity index (χ4v) is 10.4. The summed E-state index contributed by atoms with van der Waals surface area (Å²) in [6.45, 7) is 26.4. The molecule has 11 heteroatoms. The fourth-order valence-electron chi connectivity index (χ4n) is 10.4. The molecule has 8 aromatic rings. The third-order valence-electron chi connectivity index (χ3n) is 13.4. The van der Waals surface area contributed by atoms with Crippen molar-refractivity contribution < 1.29 is 14.2 Å². The number of aromatic nitrogens is 8. The van der Waals surface area contributed by atoms with Crippen LogP contribution in [0.25, 0.3) is 100 Å². The number of fused-ring (bicyclic) bond motifs is 21. The van der Waals surface area contributed by atoms with Crippen molar-refractivity contribution in [1.82, 2.24) is 39.9 Å². The molecule has 0 fully saturated rings. The Morgan fingerprint density at radius 3 is 1.18 bits per heavy atom. The Balaban J connectivity index is 1.36. The highest BCUT2D eigenvalue weighted by atomic mass is 16.5. The van der Waals surface area contributed by atoms with Crippen molar-refractivity contribution in [3.05, 3.63) is 91.0 Å². The van der Waals surface area contributed by atoms with Crippen LogP contribution in [-0.2, 0) is 0 Å². The van der Waals surface area contributed by atoms with E-state index in [0.717, 1.165) is 54.6 Å². The van der Waals surface area contributed by atoms with Crippen LogP contribution in [0.1, 0.15) is 83.1 Å². The van der Waals surface area contributed by atoms with Crippen LogP contribution in [0.5, 0.6) is 17.2 Å². The number of hydrogen-bond acceptors (Lipinski definition) is 9. The SMILES string of the molecule is CC(C)C(Oc1cccc2c1-c1nc-2nc2[nH]c(nc3nc(nc4[nH]c(n1)c1cc5ccccc5cc41)-c1cccc(OC(C(C)C)C(C)C)c1-3)c1cccc(OC(C(C)C)C(C)C)c21)C(C)C. The van der Waals surface area contributed by atoms with Crippen molar-refractivity contribution in [3.8, 4) is 62.8 Å². The molecule has 0 radical (unpaired) electrons. The van der Waals surface area contributed by atoms with E-state index >= 15 is 0 Å². The van der Waals surface area contributed by atoms with E-state index in [2.05, 4.69) is 142 Å². The maximum absolute atomic E-state index is 6.99. The Bertz CT molecular complexity index is 3380. The lowest BCUT2D eigenvalue weighted by molar-refractivity contribution is 0.106. The molecule has 8 bridgehead atoms. The van der Waals surface area contributed by atoms with Crippen molar-refractivity contribution in [2.24, 2.45) is 35.5 Å². The van der Waals surface area contributed by atoms with Gasteiger partial charge < -0.3 is 24.2 Å². The van der Waals surface area contributed by atoms with E-state index in [1.54, 1.807) is 0 Å². The second-order valence-corrected chi connectivity index (χ2v) is 20.6. The molecule has 11 nitrogen and oxygen atoms in total. The normalized spacial score (nSPS) is 12.7. The number of benzene rings is 5. The predicted molar refractivity (Wildman–Crippen MR) is 276 cm³/mol. The molecule has 10 rings (SSSR count). The van der Waals surface area contributed by atoms with Crippen molar-refractivity contribution in [2.75, 3.05) is 0 Å². The molecule has 0 atom stereocenters. The Morgan fingerprint density at radius 2 is 0.721 bits per heavy atom. The molecule has 0 amide bonds. The third kappa shape index (κ3) is 7.99. The molecule has 2 N–H and O–H groups in total. The van der Waals surface area contributed by atoms with Crippen molar-refractivity contribution in [1.29, 1.82) is 0 Å². The first-order chi connectivity index (χ1) is 32.6. The van der Waals surface area contributed by atoms with Crippen LogP contribution < -0.4 is 14.2 Å². The van der Waals surface area contributed by atoms with Crippen LogP contribution in [0.2, 0.25) is 0 Å². The number of rotatable bonds is 12. The number of nitrogens with zero attached hydrogens (tertiary/aromatic N) is 6. The minimum Gasteiger partial charge on any atom is -0.489 e. The van der Waals surface area contributed by atoms with Gasteiger partial charge in [0.05, 0.1) is 16.5 Å². The quantitative estimate of drug-likeness (QED) is 0.123. The predicted octanol–water partition coefficient (Wildman–Crippen LogP) is 14.2. The molecule has 0 aliphatic carbocycles. The van der Waals surface area contributed by atoms with E-state index < -0.39 is 0 Å². The zero-order valence-electron chi connectivity index (χ0n) is 41.3. The van der Waals surface area contributed by atoms with Gasteiger partial charge in [0, 0.05) is 27.3 Å². The Morgan fingerprint density at radius 1 is 0.353 bits per heavy atom. The third-order valence-corrected chi connectivity index (χ3v) is 13.4. The summed E-state index contributed by atoms with van der Waals surface area (Å²) >= 11 is 0. The molecule has 0 unspecified atom stereocenters. The Kier molecular flexibility index (Phi) is 11.7. The minimum absolute atomic E-state index is 0.0504. The van der Waals surface area contributed by atoms with Gasteiger partial charge in [-0.25, -0.2) is 29.9 Å². The molecule has 0 spiro atoms. The van der Waals surface area contributed by atoms with E-state index in [1.165, 1.54) is 0 Å². The fraction of sp³-hybridized carbons (Fsp3) is 0.368. The number of nitrogens with one attached hydrogen (secondary N) is 2. The van der Waals surface area contributed by atoms with Crippen LogP contribution in [0.3, 0.4) is 0 Å². The Hall–Kier alpha value is -6.88. The number of H-pyrrole nitrogens is 2. The zero-order chi connectivity index (χ0) is 47.7. The maximum atomic E-state index is 6.99. The lowest BCUT2D eigenvalue weighted by atomic mass is 9.96. The molecule has 2 aliphatic heterocycles. The van der Waals surface area contributed by atoms with Gasteiger partial charge in [0.25, 0.3) is 0 Å². The van der Waals surface area contributed by atoms with Gasteiger partial charge in [-0.05, 0) is 76.6 Å². The molecule has 2 aliphatic rings. The lowest BCUT2D eigenvalue weighted by Crippen LogP contribution is -2.29. The topological polar surface area (TPSA) is 137 Å². The van der Waals surface area contributed by atoms with Crippen LogP contribution in [0.4, 0.5) is 0 Å². The Labute approximate surface area is 398 Å². The molecule has 5 heterocycles. The van der Waals surface area contributed by atoms with Crippen molar-refractivity contribution >= 4 is 54.9 Å². The average Bonchev–Trinajstić information content (AvgIpc) is 4.03. The minimum atomic E-state index is -0.0555. The first-order valence-corrected chi connectivity index (χ1v) is 24.4. The second-order valence-electron chi connectivity index (χ2n) is 20.6. The second kappa shape index (κ2) is 17.6. The van der Waals surface area contributed by atoms with E-state index in [-0.39, 0.29) is 53.8 Å². The first-order valence-electron chi connectivity index (χ1n) is 24.4. The highest BCUT2D eigenvalue weighted by Gasteiger charge is 2.31. The molecule has 5 aromatic carbocycles. The smallest absolute Gasteiger partial charge is 0.168 e. The van der Waals surface area contributed by atoms with E-state index in [1.807, 2.05) is 42.5 Å². The van der Waals surface area contributed by atoms with Gasteiger partial charge in [-0.2, -0.15) is 0 Å². The van der Waals surface area contributed by atoms with Gasteiger partial charge in [0.1, 0.15) is 58.1 Å². The highest BCUT2D eigenvalue weighted by Crippen LogP contribution is 2.45. The molecule has 0 saturated carbocycles. The van der Waals surface area contributed by atoms with Gasteiger partial charge in [0.2, 0.25) is 0 Å². The summed E-state index contributed by atoms with van der Waals surface area (Å²) in [5, 5.41) is 5.60. The lowest BCUT2D eigenvalue weighted by Gasteiger charge is -2.27.